The van der Waals surface area contributed by atoms with Gasteiger partial charge in [-0.1, -0.05) is 72.8 Å². The summed E-state index contributed by atoms with van der Waals surface area (Å²) in [5, 5.41) is 20.6. The van der Waals surface area contributed by atoms with Crippen LogP contribution in [0.3, 0.4) is 0 Å². The third kappa shape index (κ3) is 15.1. The number of rotatable bonds is 27. The summed E-state index contributed by atoms with van der Waals surface area (Å²) in [5.74, 6) is -0.0547. The molecule has 0 aliphatic carbocycles. The Labute approximate surface area is 457 Å². The van der Waals surface area contributed by atoms with E-state index in [0.717, 1.165) is 22.8 Å². The third-order valence-corrected chi connectivity index (χ3v) is 14.8. The molecule has 5 aromatic carbocycles. The fourth-order valence-corrected chi connectivity index (χ4v) is 10.8. The number of benzene rings is 5. The van der Waals surface area contributed by atoms with E-state index in [9.17, 15) is 29.8 Å². The van der Waals surface area contributed by atoms with E-state index in [4.69, 9.17) is 46.9 Å². The number of methoxy groups -OCH3 is 2. The minimum absolute atomic E-state index is 0.0264. The molecule has 7 rings (SSSR count). The molecule has 418 valence electrons. The van der Waals surface area contributed by atoms with Crippen LogP contribution in [0.25, 0.3) is 0 Å². The maximum atomic E-state index is 15.5. The quantitative estimate of drug-likeness (QED) is 0.00738. The number of non-ortho nitro benzene ring substituents is 1. The SMILES string of the molecule is COc1ccc(C(OC[C@H]2O[C@@H](n3ccc(=O)[nH]c3=O)[C@H](OC(C)OCc3ccc(OC(=O)OCCc4ccc([N+](=O)[O-])cc4)c(F)c3)[C@@H]2OP(OCCC#N)N(C(C)C)C(C)C)(c2ccccc2)c2ccc(OC)cc2)cc1. The van der Waals surface area contributed by atoms with Crippen LogP contribution in [-0.4, -0.2) is 96.0 Å². The summed E-state index contributed by atoms with van der Waals surface area (Å²) < 4.78 is 80.9. The van der Waals surface area contributed by atoms with Gasteiger partial charge in [-0.05, 0) is 98.8 Å². The van der Waals surface area contributed by atoms with E-state index in [1.165, 1.54) is 53.2 Å². The van der Waals surface area contributed by atoms with E-state index in [-0.39, 0.29) is 57.0 Å². The Morgan fingerprint density at radius 3 is 2.04 bits per heavy atom. The second kappa shape index (κ2) is 28.0. The molecule has 20 nitrogen and oxygen atoms in total. The molecule has 0 radical (unpaired) electrons. The summed E-state index contributed by atoms with van der Waals surface area (Å²) in [6, 6.07) is 37.3. The monoisotopic (exact) mass is 1110 g/mol. The van der Waals surface area contributed by atoms with Gasteiger partial charge in [-0.15, -0.1) is 0 Å². The van der Waals surface area contributed by atoms with Gasteiger partial charge in [0.05, 0.1) is 58.1 Å². The fourth-order valence-electron chi connectivity index (χ4n) is 8.99. The first-order chi connectivity index (χ1) is 38.0. The van der Waals surface area contributed by atoms with Gasteiger partial charge in [-0.25, -0.2) is 18.6 Å². The van der Waals surface area contributed by atoms with E-state index in [2.05, 4.69) is 11.1 Å². The summed E-state index contributed by atoms with van der Waals surface area (Å²) in [6.45, 7) is 9.02. The van der Waals surface area contributed by atoms with E-state index >= 15 is 4.39 Å². The van der Waals surface area contributed by atoms with Gasteiger partial charge in [0.25, 0.3) is 19.8 Å². The van der Waals surface area contributed by atoms with Crippen molar-refractivity contribution < 1.29 is 61.1 Å². The van der Waals surface area contributed by atoms with Crippen LogP contribution in [0.1, 0.15) is 75.1 Å². The number of H-pyrrole nitrogens is 1. The van der Waals surface area contributed by atoms with Gasteiger partial charge in [0.2, 0.25) is 0 Å². The smallest absolute Gasteiger partial charge is 0.497 e. The number of ether oxygens (including phenoxy) is 8. The fraction of sp³-hybridized carbons (Fsp3) is 0.368. The number of aromatic amines is 1. The Hall–Kier alpha value is -7.38. The number of carbonyl (C=O) groups excluding carboxylic acids is 1. The van der Waals surface area contributed by atoms with Crippen molar-refractivity contribution in [2.75, 3.05) is 34.0 Å². The van der Waals surface area contributed by atoms with Gasteiger partial charge in [0.15, 0.2) is 24.1 Å². The molecule has 6 atom stereocenters. The molecule has 1 aromatic heterocycles. The van der Waals surface area contributed by atoms with Crippen LogP contribution in [0.15, 0.2) is 143 Å². The van der Waals surface area contributed by atoms with Gasteiger partial charge >= 0.3 is 11.8 Å². The Balaban J connectivity index is 1.21. The molecule has 0 saturated carbocycles. The molecule has 2 heterocycles. The molecule has 79 heavy (non-hydrogen) atoms. The predicted molar refractivity (Wildman–Crippen MR) is 288 cm³/mol. The Morgan fingerprint density at radius 2 is 1.47 bits per heavy atom. The van der Waals surface area contributed by atoms with E-state index in [0.29, 0.717) is 22.6 Å². The molecular weight excluding hydrogens is 1040 g/mol. The van der Waals surface area contributed by atoms with Crippen LogP contribution >= 0.6 is 8.53 Å². The number of nitro groups is 1. The molecule has 1 aliphatic rings. The molecule has 1 saturated heterocycles. The van der Waals surface area contributed by atoms with Crippen molar-refractivity contribution in [3.05, 3.63) is 198 Å². The highest BCUT2D eigenvalue weighted by atomic mass is 31.2. The van der Waals surface area contributed by atoms with Crippen LogP contribution in [0, 0.1) is 27.3 Å². The standard InChI is InChI=1S/C57H63FN5O15P/c1-37(2)62(38(3)4)79(74-32-11-30-59)78-52-50(36-73-57(42-12-9-8-10-13-42,43-17-23-46(69-6)24-18-43)44-19-25-47(70-7)26-20-44)76-54(61-31-28-51(64)60-55(61)65)53(52)75-39(5)72-35-41-16-27-49(48(58)34-41)77-56(66)71-33-29-40-14-21-45(22-15-40)63(67)68/h8-10,12-28,31,34,37-39,50,52-54H,11,29,32-33,35-36H2,1-7H3,(H,60,64,65)/t39?,50-,52-,53-,54-,79?/m1/s1. The van der Waals surface area contributed by atoms with Gasteiger partial charge in [-0.3, -0.25) is 24.5 Å². The highest BCUT2D eigenvalue weighted by molar-refractivity contribution is 7.44. The van der Waals surface area contributed by atoms with Crippen LogP contribution in [0.5, 0.6) is 17.2 Å². The van der Waals surface area contributed by atoms with Gasteiger partial charge in [0.1, 0.15) is 35.4 Å². The molecule has 1 N–H and O–H groups in total. The van der Waals surface area contributed by atoms with Gasteiger partial charge in [0, 0.05) is 42.9 Å². The number of hydrogen-bond donors (Lipinski definition) is 1. The zero-order valence-electron chi connectivity index (χ0n) is 44.7. The highest BCUT2D eigenvalue weighted by Crippen LogP contribution is 2.51. The number of nitrogens with one attached hydrogen (secondary N) is 1. The summed E-state index contributed by atoms with van der Waals surface area (Å²) >= 11 is 0. The van der Waals surface area contributed by atoms with Crippen molar-refractivity contribution in [1.82, 2.24) is 14.2 Å². The zero-order valence-corrected chi connectivity index (χ0v) is 45.6. The summed E-state index contributed by atoms with van der Waals surface area (Å²) in [4.78, 5) is 51.6. The number of carbonyl (C=O) groups is 1. The van der Waals surface area contributed by atoms with Crippen molar-refractivity contribution in [3.63, 3.8) is 0 Å². The normalized spacial score (nSPS) is 17.1. The van der Waals surface area contributed by atoms with Crippen LogP contribution in [0.2, 0.25) is 0 Å². The number of aromatic nitrogens is 2. The second-order valence-electron chi connectivity index (χ2n) is 18.6. The number of nitro benzene ring substituents is 1. The molecule has 6 aromatic rings. The van der Waals surface area contributed by atoms with Crippen LogP contribution in [0.4, 0.5) is 14.9 Å². The molecule has 0 bridgehead atoms. The molecule has 2 unspecified atom stereocenters. The molecule has 1 aliphatic heterocycles. The minimum Gasteiger partial charge on any atom is -0.497 e. The first kappa shape index (κ1) is 59.3. The lowest BCUT2D eigenvalue weighted by atomic mass is 9.80. The van der Waals surface area contributed by atoms with E-state index in [1.807, 2.05) is 111 Å². The summed E-state index contributed by atoms with van der Waals surface area (Å²) in [7, 11) is 1.15. The van der Waals surface area contributed by atoms with Gasteiger partial charge < -0.3 is 46.9 Å². The molecule has 0 amide bonds. The number of hydrogen-bond acceptors (Lipinski definition) is 17. The Bertz CT molecular complexity index is 3050. The predicted octanol–water partition coefficient (Wildman–Crippen LogP) is 9.87. The largest absolute Gasteiger partial charge is 0.513 e. The lowest BCUT2D eigenvalue weighted by Gasteiger charge is -2.39. The zero-order chi connectivity index (χ0) is 56.6. The van der Waals surface area contributed by atoms with Crippen molar-refractivity contribution in [3.8, 4) is 23.3 Å². The number of halogens is 1. The van der Waals surface area contributed by atoms with E-state index in [1.54, 1.807) is 21.1 Å². The second-order valence-corrected chi connectivity index (χ2v) is 20.0. The molecular formula is C57H63FN5O15P. The Morgan fingerprint density at radius 1 is 0.848 bits per heavy atom. The highest BCUT2D eigenvalue weighted by Gasteiger charge is 2.52. The Kier molecular flexibility index (Phi) is 21.0. The van der Waals surface area contributed by atoms with Crippen LogP contribution in [-0.2, 0) is 51.4 Å². The molecule has 1 fully saturated rings. The lowest BCUT2D eigenvalue weighted by molar-refractivity contribution is -0.384. The lowest BCUT2D eigenvalue weighted by Crippen LogP contribution is -2.44. The maximum Gasteiger partial charge on any atom is 0.513 e. The average molecular weight is 1110 g/mol. The van der Waals surface area contributed by atoms with Crippen molar-refractivity contribution >= 4 is 20.4 Å². The molecule has 22 heteroatoms. The van der Waals surface area contributed by atoms with E-state index < -0.39 is 78.9 Å². The topological polar surface area (TPSA) is 234 Å². The minimum atomic E-state index is -2.02. The van der Waals surface area contributed by atoms with Crippen molar-refractivity contribution in [1.29, 1.82) is 5.26 Å². The first-order valence-electron chi connectivity index (χ1n) is 25.4. The summed E-state index contributed by atoms with van der Waals surface area (Å²) in [5.41, 5.74) is 0.346. The van der Waals surface area contributed by atoms with Gasteiger partial charge in [-0.2, -0.15) is 5.26 Å². The maximum absolute atomic E-state index is 15.5. The van der Waals surface area contributed by atoms with Crippen molar-refractivity contribution in [2.45, 2.75) is 103 Å². The number of nitrogens with zero attached hydrogens (tertiary/aromatic N) is 4. The average Bonchev–Trinajstić information content (AvgIpc) is 4.02. The number of nitriles is 1. The summed E-state index contributed by atoms with van der Waals surface area (Å²) in [6.07, 6.45) is -5.40. The third-order valence-electron chi connectivity index (χ3n) is 12.7. The van der Waals surface area contributed by atoms with Crippen molar-refractivity contribution in [2.24, 2.45) is 0 Å². The molecule has 0 spiro atoms. The van der Waals surface area contributed by atoms with Crippen LogP contribution < -0.4 is 25.5 Å². The first-order valence-corrected chi connectivity index (χ1v) is 26.5.